The Hall–Kier alpha value is -1.49. The minimum atomic E-state index is -0.199. The van der Waals surface area contributed by atoms with Crippen molar-refractivity contribution >= 4 is 27.5 Å². The second-order valence-corrected chi connectivity index (χ2v) is 4.28. The van der Waals surface area contributed by atoms with E-state index in [9.17, 15) is 4.79 Å². The van der Waals surface area contributed by atoms with Gasteiger partial charge in [0.2, 0.25) is 0 Å². The highest BCUT2D eigenvalue weighted by Crippen LogP contribution is 2.21. The third kappa shape index (κ3) is 3.27. The van der Waals surface area contributed by atoms with E-state index in [1.54, 1.807) is 18.2 Å². The number of ether oxygens (including phenoxy) is 1. The van der Waals surface area contributed by atoms with Crippen LogP contribution in [0.15, 0.2) is 29.3 Å². The average molecular weight is 285 g/mol. The van der Waals surface area contributed by atoms with Gasteiger partial charge in [-0.15, -0.1) is 0 Å². The first-order chi connectivity index (χ1) is 7.54. The number of amides is 1. The van der Waals surface area contributed by atoms with Crippen molar-refractivity contribution in [1.29, 1.82) is 0 Å². The molecule has 0 saturated heterocycles. The highest BCUT2D eigenvalue weighted by atomic mass is 79.9. The first kappa shape index (κ1) is 12.6. The Morgan fingerprint density at radius 1 is 1.62 bits per heavy atom. The molecule has 1 amide bonds. The smallest absolute Gasteiger partial charge is 0.251 e. The summed E-state index contributed by atoms with van der Waals surface area (Å²) in [7, 11) is 1.53. The molecule has 0 aromatic heterocycles. The van der Waals surface area contributed by atoms with Crippen LogP contribution in [0.5, 0.6) is 5.75 Å². The maximum Gasteiger partial charge on any atom is 0.251 e. The zero-order valence-corrected chi connectivity index (χ0v) is 10.5. The largest absolute Gasteiger partial charge is 0.495 e. The topological polar surface area (TPSA) is 64.3 Å². The lowest BCUT2D eigenvalue weighted by Gasteiger charge is -2.07. The molecule has 0 spiro atoms. The number of hydrogen-bond acceptors (Lipinski definition) is 3. The van der Waals surface area contributed by atoms with Gasteiger partial charge in [0.05, 0.1) is 12.8 Å². The summed E-state index contributed by atoms with van der Waals surface area (Å²) in [6.45, 7) is 4.00. The number of halogens is 1. The van der Waals surface area contributed by atoms with Gasteiger partial charge in [0.15, 0.2) is 0 Å². The van der Waals surface area contributed by atoms with Gasteiger partial charge in [-0.05, 0) is 18.2 Å². The fourth-order valence-corrected chi connectivity index (χ4v) is 1.29. The molecule has 0 radical (unpaired) electrons. The van der Waals surface area contributed by atoms with E-state index >= 15 is 0 Å². The van der Waals surface area contributed by atoms with Crippen molar-refractivity contribution in [3.63, 3.8) is 0 Å². The monoisotopic (exact) mass is 284 g/mol. The summed E-state index contributed by atoms with van der Waals surface area (Å²) in [6, 6.07) is 4.89. The van der Waals surface area contributed by atoms with Crippen LogP contribution in [0.25, 0.3) is 0 Å². The number of nitrogens with one attached hydrogen (secondary N) is 1. The number of nitrogen functional groups attached to an aromatic ring is 1. The Balaban J connectivity index is 2.77. The molecule has 3 N–H and O–H groups in total. The van der Waals surface area contributed by atoms with Crippen molar-refractivity contribution in [2.75, 3.05) is 19.4 Å². The van der Waals surface area contributed by atoms with Crippen LogP contribution in [0.3, 0.4) is 0 Å². The quantitative estimate of drug-likeness (QED) is 0.831. The SMILES string of the molecule is C=C(Br)CNC(=O)c1ccc(OC)c(N)c1. The van der Waals surface area contributed by atoms with Crippen molar-refractivity contribution in [3.05, 3.63) is 34.8 Å². The van der Waals surface area contributed by atoms with E-state index in [0.717, 1.165) is 0 Å². The summed E-state index contributed by atoms with van der Waals surface area (Å²) in [6.07, 6.45) is 0. The minimum absolute atomic E-state index is 0.199. The van der Waals surface area contributed by atoms with Gasteiger partial charge in [0, 0.05) is 16.6 Å². The molecule has 0 heterocycles. The van der Waals surface area contributed by atoms with Crippen LogP contribution in [0.4, 0.5) is 5.69 Å². The molecule has 0 atom stereocenters. The van der Waals surface area contributed by atoms with E-state index in [2.05, 4.69) is 27.8 Å². The summed E-state index contributed by atoms with van der Waals surface area (Å²) < 4.78 is 5.71. The standard InChI is InChI=1S/C11H13BrN2O2/c1-7(12)6-14-11(15)8-3-4-10(16-2)9(13)5-8/h3-5H,1,6,13H2,2H3,(H,14,15). The summed E-state index contributed by atoms with van der Waals surface area (Å²) in [5.74, 6) is 0.358. The average Bonchev–Trinajstić information content (AvgIpc) is 2.25. The predicted octanol–water partition coefficient (Wildman–Crippen LogP) is 1.92. The van der Waals surface area contributed by atoms with Gasteiger partial charge in [-0.2, -0.15) is 0 Å². The molecule has 1 aromatic carbocycles. The van der Waals surface area contributed by atoms with E-state index in [0.29, 0.717) is 28.0 Å². The normalized spacial score (nSPS) is 9.62. The molecule has 0 bridgehead atoms. The molecule has 1 rings (SSSR count). The number of rotatable bonds is 4. The fraction of sp³-hybridized carbons (Fsp3) is 0.182. The van der Waals surface area contributed by atoms with Gasteiger partial charge in [-0.3, -0.25) is 4.79 Å². The van der Waals surface area contributed by atoms with Gasteiger partial charge in [-0.25, -0.2) is 0 Å². The fourth-order valence-electron chi connectivity index (χ4n) is 1.15. The minimum Gasteiger partial charge on any atom is -0.495 e. The first-order valence-electron chi connectivity index (χ1n) is 4.59. The third-order valence-electron chi connectivity index (χ3n) is 1.93. The van der Waals surface area contributed by atoms with Crippen molar-refractivity contribution in [3.8, 4) is 5.75 Å². The highest BCUT2D eigenvalue weighted by Gasteiger charge is 2.07. The second-order valence-electron chi connectivity index (χ2n) is 3.16. The van der Waals surface area contributed by atoms with Crippen LogP contribution >= 0.6 is 15.9 Å². The maximum atomic E-state index is 11.6. The summed E-state index contributed by atoms with van der Waals surface area (Å²) in [5.41, 5.74) is 6.62. The summed E-state index contributed by atoms with van der Waals surface area (Å²) in [4.78, 5) is 11.6. The number of anilines is 1. The maximum absolute atomic E-state index is 11.6. The van der Waals surface area contributed by atoms with Crippen LogP contribution in [0, 0.1) is 0 Å². The Labute approximate surface area is 103 Å². The molecule has 1 aromatic rings. The molecule has 0 saturated carbocycles. The molecular weight excluding hydrogens is 272 g/mol. The van der Waals surface area contributed by atoms with Crippen LogP contribution in [0.1, 0.15) is 10.4 Å². The van der Waals surface area contributed by atoms with Gasteiger partial charge in [0.1, 0.15) is 5.75 Å². The van der Waals surface area contributed by atoms with Crippen LogP contribution < -0.4 is 15.8 Å². The zero-order valence-electron chi connectivity index (χ0n) is 8.92. The molecule has 4 nitrogen and oxygen atoms in total. The number of hydrogen-bond donors (Lipinski definition) is 2. The molecule has 86 valence electrons. The summed E-state index contributed by atoms with van der Waals surface area (Å²) >= 11 is 3.16. The van der Waals surface area contributed by atoms with Gasteiger partial charge >= 0.3 is 0 Å². The third-order valence-corrected chi connectivity index (χ3v) is 2.21. The Bertz CT molecular complexity index is 418. The number of carbonyl (C=O) groups is 1. The van der Waals surface area contributed by atoms with E-state index in [1.807, 2.05) is 0 Å². The number of carbonyl (C=O) groups excluding carboxylic acids is 1. The van der Waals surface area contributed by atoms with Gasteiger partial charge in [0.25, 0.3) is 5.91 Å². The second kappa shape index (κ2) is 5.55. The van der Waals surface area contributed by atoms with E-state index < -0.39 is 0 Å². The number of nitrogens with two attached hydrogens (primary N) is 1. The molecule has 5 heteroatoms. The zero-order chi connectivity index (χ0) is 12.1. The van der Waals surface area contributed by atoms with E-state index in [4.69, 9.17) is 10.5 Å². The molecular formula is C11H13BrN2O2. The van der Waals surface area contributed by atoms with Gasteiger partial charge < -0.3 is 15.8 Å². The predicted molar refractivity (Wildman–Crippen MR) is 67.8 cm³/mol. The number of benzene rings is 1. The molecule has 16 heavy (non-hydrogen) atoms. The first-order valence-corrected chi connectivity index (χ1v) is 5.39. The van der Waals surface area contributed by atoms with Crippen LogP contribution in [0.2, 0.25) is 0 Å². The van der Waals surface area contributed by atoms with Crippen molar-refractivity contribution in [2.45, 2.75) is 0 Å². The van der Waals surface area contributed by atoms with Crippen molar-refractivity contribution < 1.29 is 9.53 Å². The molecule has 0 unspecified atom stereocenters. The molecule has 0 fully saturated rings. The van der Waals surface area contributed by atoms with Crippen LogP contribution in [-0.2, 0) is 0 Å². The van der Waals surface area contributed by atoms with E-state index in [1.165, 1.54) is 7.11 Å². The highest BCUT2D eigenvalue weighted by molar-refractivity contribution is 9.11. The Morgan fingerprint density at radius 2 is 2.31 bits per heavy atom. The van der Waals surface area contributed by atoms with Crippen LogP contribution in [-0.4, -0.2) is 19.6 Å². The number of methoxy groups -OCH3 is 1. The Kier molecular flexibility index (Phi) is 4.37. The van der Waals surface area contributed by atoms with Crippen molar-refractivity contribution in [2.24, 2.45) is 0 Å². The van der Waals surface area contributed by atoms with Crippen molar-refractivity contribution in [1.82, 2.24) is 5.32 Å². The molecule has 0 aliphatic rings. The lowest BCUT2D eigenvalue weighted by Crippen LogP contribution is -2.24. The Morgan fingerprint density at radius 3 is 2.81 bits per heavy atom. The van der Waals surface area contributed by atoms with Gasteiger partial charge in [-0.1, -0.05) is 22.5 Å². The van der Waals surface area contributed by atoms with E-state index in [-0.39, 0.29) is 5.91 Å². The molecule has 0 aliphatic carbocycles. The lowest BCUT2D eigenvalue weighted by atomic mass is 10.2. The molecule has 0 aliphatic heterocycles. The summed E-state index contributed by atoms with van der Waals surface area (Å²) in [5, 5.41) is 2.68. The lowest BCUT2D eigenvalue weighted by molar-refractivity contribution is 0.0958.